The molecule has 1 aliphatic rings. The standard InChI is InChI=1S/C17H16FN5O3/c1-21-9-10(18)7-11(16(21)24)13-3-2-5-22(13)14-4-6-23-15(20-14)12(8-19-23)17(25)26/h4,6-9,13H,2-3,5H2,1H3,(H,25,26)/t13-/m1/s1. The van der Waals surface area contributed by atoms with Crippen LogP contribution in [-0.4, -0.2) is 36.8 Å². The van der Waals surface area contributed by atoms with E-state index in [1.165, 1.54) is 28.4 Å². The lowest BCUT2D eigenvalue weighted by Crippen LogP contribution is -2.31. The van der Waals surface area contributed by atoms with Crippen LogP contribution in [0.2, 0.25) is 0 Å². The summed E-state index contributed by atoms with van der Waals surface area (Å²) in [5, 5.41) is 13.2. The molecule has 9 heteroatoms. The van der Waals surface area contributed by atoms with E-state index in [4.69, 9.17) is 0 Å². The molecule has 0 radical (unpaired) electrons. The van der Waals surface area contributed by atoms with E-state index in [9.17, 15) is 19.1 Å². The molecule has 0 unspecified atom stereocenters. The number of fused-ring (bicyclic) bond motifs is 1. The Labute approximate surface area is 147 Å². The minimum absolute atomic E-state index is 0.00395. The van der Waals surface area contributed by atoms with Crippen LogP contribution in [0.4, 0.5) is 10.2 Å². The van der Waals surface area contributed by atoms with Gasteiger partial charge in [-0.2, -0.15) is 5.10 Å². The van der Waals surface area contributed by atoms with Crippen molar-refractivity contribution in [1.29, 1.82) is 0 Å². The monoisotopic (exact) mass is 357 g/mol. The minimum Gasteiger partial charge on any atom is -0.477 e. The van der Waals surface area contributed by atoms with Crippen LogP contribution in [0.3, 0.4) is 0 Å². The largest absolute Gasteiger partial charge is 0.477 e. The Bertz CT molecular complexity index is 1070. The highest BCUT2D eigenvalue weighted by atomic mass is 19.1. The van der Waals surface area contributed by atoms with Gasteiger partial charge in [0.1, 0.15) is 17.2 Å². The number of anilines is 1. The van der Waals surface area contributed by atoms with Gasteiger partial charge in [0, 0.05) is 31.5 Å². The van der Waals surface area contributed by atoms with E-state index >= 15 is 0 Å². The zero-order chi connectivity index (χ0) is 18.4. The average Bonchev–Trinajstić information content (AvgIpc) is 3.24. The van der Waals surface area contributed by atoms with Gasteiger partial charge in [0.25, 0.3) is 5.56 Å². The quantitative estimate of drug-likeness (QED) is 0.765. The van der Waals surface area contributed by atoms with Crippen molar-refractivity contribution in [2.75, 3.05) is 11.4 Å². The molecule has 1 aliphatic heterocycles. The fourth-order valence-electron chi connectivity index (χ4n) is 3.47. The molecule has 0 aromatic carbocycles. The van der Waals surface area contributed by atoms with Gasteiger partial charge in [-0.3, -0.25) is 4.79 Å². The summed E-state index contributed by atoms with van der Waals surface area (Å²) < 4.78 is 16.5. The number of hydrogen-bond acceptors (Lipinski definition) is 5. The Hall–Kier alpha value is -3.23. The number of aromatic nitrogens is 4. The van der Waals surface area contributed by atoms with E-state index in [0.29, 0.717) is 24.3 Å². The van der Waals surface area contributed by atoms with Crippen LogP contribution >= 0.6 is 0 Å². The molecule has 4 rings (SSSR count). The number of hydrogen-bond donors (Lipinski definition) is 1. The highest BCUT2D eigenvalue weighted by Crippen LogP contribution is 2.34. The summed E-state index contributed by atoms with van der Waals surface area (Å²) in [5.41, 5.74) is 0.357. The fraction of sp³-hybridized carbons (Fsp3) is 0.294. The first-order valence-electron chi connectivity index (χ1n) is 8.16. The summed E-state index contributed by atoms with van der Waals surface area (Å²) in [6.07, 6.45) is 5.54. The summed E-state index contributed by atoms with van der Waals surface area (Å²) in [4.78, 5) is 30.1. The van der Waals surface area contributed by atoms with E-state index in [2.05, 4.69) is 10.1 Å². The van der Waals surface area contributed by atoms with Gasteiger partial charge in [-0.15, -0.1) is 0 Å². The predicted octanol–water partition coefficient (Wildman–Crippen LogP) is 1.61. The highest BCUT2D eigenvalue weighted by Gasteiger charge is 2.30. The molecule has 134 valence electrons. The van der Waals surface area contributed by atoms with E-state index in [-0.39, 0.29) is 22.8 Å². The molecule has 0 aliphatic carbocycles. The number of halogens is 1. The molecule has 0 amide bonds. The number of carboxylic acid groups (broad SMARTS) is 1. The third kappa shape index (κ3) is 2.52. The van der Waals surface area contributed by atoms with Crippen molar-refractivity contribution in [3.63, 3.8) is 0 Å². The first-order valence-corrected chi connectivity index (χ1v) is 8.16. The third-order valence-corrected chi connectivity index (χ3v) is 4.67. The lowest BCUT2D eigenvalue weighted by atomic mass is 10.1. The molecular formula is C17H16FN5O3. The maximum absolute atomic E-state index is 13.8. The molecule has 4 heterocycles. The summed E-state index contributed by atoms with van der Waals surface area (Å²) in [6, 6.07) is 2.68. The minimum atomic E-state index is -1.11. The van der Waals surface area contributed by atoms with Crippen molar-refractivity contribution in [1.82, 2.24) is 19.2 Å². The molecule has 1 N–H and O–H groups in total. The number of pyridine rings is 1. The topological polar surface area (TPSA) is 92.7 Å². The normalized spacial score (nSPS) is 17.2. The predicted molar refractivity (Wildman–Crippen MR) is 90.9 cm³/mol. The molecule has 1 fully saturated rings. The number of aromatic carboxylic acids is 1. The molecule has 0 spiro atoms. The van der Waals surface area contributed by atoms with Crippen molar-refractivity contribution in [2.45, 2.75) is 18.9 Å². The fourth-order valence-corrected chi connectivity index (χ4v) is 3.47. The third-order valence-electron chi connectivity index (χ3n) is 4.67. The summed E-state index contributed by atoms with van der Waals surface area (Å²) in [7, 11) is 1.52. The van der Waals surface area contributed by atoms with Crippen molar-refractivity contribution >= 4 is 17.4 Å². The molecule has 26 heavy (non-hydrogen) atoms. The van der Waals surface area contributed by atoms with Gasteiger partial charge in [-0.1, -0.05) is 0 Å². The van der Waals surface area contributed by atoms with E-state index in [0.717, 1.165) is 12.6 Å². The molecule has 3 aromatic rings. The van der Waals surface area contributed by atoms with E-state index < -0.39 is 11.8 Å². The number of rotatable bonds is 3. The van der Waals surface area contributed by atoms with Gasteiger partial charge < -0.3 is 14.6 Å². The second-order valence-corrected chi connectivity index (χ2v) is 6.30. The van der Waals surface area contributed by atoms with Gasteiger partial charge in [-0.05, 0) is 25.0 Å². The van der Waals surface area contributed by atoms with Crippen LogP contribution in [0.25, 0.3) is 5.65 Å². The number of carboxylic acids is 1. The maximum atomic E-state index is 13.8. The Morgan fingerprint density at radius 3 is 3.00 bits per heavy atom. The van der Waals surface area contributed by atoms with Crippen LogP contribution < -0.4 is 10.5 Å². The zero-order valence-corrected chi connectivity index (χ0v) is 14.0. The van der Waals surface area contributed by atoms with Crippen LogP contribution in [-0.2, 0) is 7.05 Å². The number of aryl methyl sites for hydroxylation is 1. The van der Waals surface area contributed by atoms with Crippen molar-refractivity contribution < 1.29 is 14.3 Å². The number of carbonyl (C=O) groups is 1. The second kappa shape index (κ2) is 5.94. The average molecular weight is 357 g/mol. The van der Waals surface area contributed by atoms with Crippen LogP contribution in [0.15, 0.2) is 35.5 Å². The van der Waals surface area contributed by atoms with E-state index in [1.54, 1.807) is 12.3 Å². The smallest absolute Gasteiger partial charge is 0.341 e. The molecule has 0 bridgehead atoms. The Kier molecular flexibility index (Phi) is 3.71. The van der Waals surface area contributed by atoms with E-state index in [1.807, 2.05) is 4.90 Å². The van der Waals surface area contributed by atoms with Crippen LogP contribution in [0.5, 0.6) is 0 Å². The summed E-state index contributed by atoms with van der Waals surface area (Å²) in [6.45, 7) is 0.643. The number of nitrogens with zero attached hydrogens (tertiary/aromatic N) is 5. The second-order valence-electron chi connectivity index (χ2n) is 6.30. The molecule has 3 aromatic heterocycles. The molecule has 1 atom stereocenters. The first kappa shape index (κ1) is 16.2. The lowest BCUT2D eigenvalue weighted by molar-refractivity contribution is 0.0698. The van der Waals surface area contributed by atoms with Gasteiger partial charge in [0.2, 0.25) is 0 Å². The van der Waals surface area contributed by atoms with Crippen molar-refractivity contribution in [2.24, 2.45) is 7.05 Å². The van der Waals surface area contributed by atoms with Crippen LogP contribution in [0.1, 0.15) is 34.8 Å². The summed E-state index contributed by atoms with van der Waals surface area (Å²) in [5.74, 6) is -1.04. The highest BCUT2D eigenvalue weighted by molar-refractivity contribution is 5.94. The van der Waals surface area contributed by atoms with Gasteiger partial charge in [0.15, 0.2) is 5.65 Å². The SMILES string of the molecule is Cn1cc(F)cc([C@H]2CCCN2c2ccn3ncc(C(=O)O)c3n2)c1=O. The molecular weight excluding hydrogens is 341 g/mol. The van der Waals surface area contributed by atoms with Gasteiger partial charge >= 0.3 is 5.97 Å². The van der Waals surface area contributed by atoms with Gasteiger partial charge in [-0.25, -0.2) is 18.7 Å². The lowest BCUT2D eigenvalue weighted by Gasteiger charge is -2.26. The summed E-state index contributed by atoms with van der Waals surface area (Å²) >= 11 is 0. The Morgan fingerprint density at radius 1 is 1.42 bits per heavy atom. The first-order chi connectivity index (χ1) is 12.5. The van der Waals surface area contributed by atoms with Crippen molar-refractivity contribution in [3.05, 3.63) is 58.0 Å². The van der Waals surface area contributed by atoms with Crippen molar-refractivity contribution in [3.8, 4) is 0 Å². The molecule has 0 saturated carbocycles. The zero-order valence-electron chi connectivity index (χ0n) is 14.0. The molecule has 1 saturated heterocycles. The Balaban J connectivity index is 1.80. The van der Waals surface area contributed by atoms with Gasteiger partial charge in [0.05, 0.1) is 12.2 Å². The van der Waals surface area contributed by atoms with Crippen LogP contribution in [0, 0.1) is 5.82 Å². The maximum Gasteiger partial charge on any atom is 0.341 e. The Morgan fingerprint density at radius 2 is 2.23 bits per heavy atom. The molecule has 8 nitrogen and oxygen atoms in total.